The molecule has 3 heteroatoms. The van der Waals surface area contributed by atoms with E-state index in [1.54, 1.807) is 0 Å². The van der Waals surface area contributed by atoms with Crippen molar-refractivity contribution in [3.63, 3.8) is 0 Å². The smallest absolute Gasteiger partial charge is 0.339 e. The summed E-state index contributed by atoms with van der Waals surface area (Å²) in [5.74, 6) is -0.352. The highest BCUT2D eigenvalue weighted by atomic mass is 16.6. The highest BCUT2D eigenvalue weighted by Gasteiger charge is 2.21. The van der Waals surface area contributed by atoms with Gasteiger partial charge in [0.05, 0.1) is 7.11 Å². The fourth-order valence-corrected chi connectivity index (χ4v) is 1.27. The van der Waals surface area contributed by atoms with E-state index in [4.69, 9.17) is 9.47 Å². The van der Waals surface area contributed by atoms with Gasteiger partial charge in [-0.1, -0.05) is 37.3 Å². The SMILES string of the molecule is CCCOC(C(=O)OC)c1ccccc1. The molecular weight excluding hydrogens is 192 g/mol. The Morgan fingerprint density at radius 3 is 2.53 bits per heavy atom. The average Bonchev–Trinajstić information content (AvgIpc) is 2.30. The molecule has 0 N–H and O–H groups in total. The first-order valence-electron chi connectivity index (χ1n) is 5.04. The molecule has 0 aliphatic carbocycles. The lowest BCUT2D eigenvalue weighted by Crippen LogP contribution is -2.17. The zero-order valence-electron chi connectivity index (χ0n) is 9.10. The fourth-order valence-electron chi connectivity index (χ4n) is 1.27. The second-order valence-corrected chi connectivity index (χ2v) is 3.18. The van der Waals surface area contributed by atoms with Crippen LogP contribution in [0.15, 0.2) is 30.3 Å². The maximum Gasteiger partial charge on any atom is 0.339 e. The van der Waals surface area contributed by atoms with Crippen LogP contribution in [0.3, 0.4) is 0 Å². The Balaban J connectivity index is 2.76. The molecule has 0 heterocycles. The summed E-state index contributed by atoms with van der Waals surface area (Å²) < 4.78 is 10.2. The van der Waals surface area contributed by atoms with Gasteiger partial charge in [0.25, 0.3) is 0 Å². The van der Waals surface area contributed by atoms with Crippen LogP contribution >= 0.6 is 0 Å². The molecule has 15 heavy (non-hydrogen) atoms. The van der Waals surface area contributed by atoms with Crippen molar-refractivity contribution in [3.05, 3.63) is 35.9 Å². The van der Waals surface area contributed by atoms with Gasteiger partial charge in [-0.25, -0.2) is 4.79 Å². The number of hydrogen-bond acceptors (Lipinski definition) is 3. The van der Waals surface area contributed by atoms with Gasteiger partial charge in [0.2, 0.25) is 0 Å². The quantitative estimate of drug-likeness (QED) is 0.697. The van der Waals surface area contributed by atoms with E-state index >= 15 is 0 Å². The summed E-state index contributed by atoms with van der Waals surface area (Å²) in [4.78, 5) is 11.5. The second kappa shape index (κ2) is 6.19. The normalized spacial score (nSPS) is 12.1. The molecule has 0 saturated heterocycles. The van der Waals surface area contributed by atoms with Crippen molar-refractivity contribution >= 4 is 5.97 Å². The van der Waals surface area contributed by atoms with Gasteiger partial charge in [0, 0.05) is 6.61 Å². The van der Waals surface area contributed by atoms with Crippen LogP contribution in [0.25, 0.3) is 0 Å². The number of methoxy groups -OCH3 is 1. The van der Waals surface area contributed by atoms with Crippen LogP contribution in [0.2, 0.25) is 0 Å². The Morgan fingerprint density at radius 2 is 2.00 bits per heavy atom. The van der Waals surface area contributed by atoms with Crippen molar-refractivity contribution in [3.8, 4) is 0 Å². The maximum atomic E-state index is 11.5. The number of benzene rings is 1. The van der Waals surface area contributed by atoms with Crippen LogP contribution in [0, 0.1) is 0 Å². The van der Waals surface area contributed by atoms with Crippen LogP contribution in [0.5, 0.6) is 0 Å². The molecule has 0 aromatic heterocycles. The topological polar surface area (TPSA) is 35.5 Å². The Hall–Kier alpha value is -1.35. The number of carbonyl (C=O) groups excluding carboxylic acids is 1. The van der Waals surface area contributed by atoms with Crippen LogP contribution in [-0.2, 0) is 14.3 Å². The first-order chi connectivity index (χ1) is 7.29. The van der Waals surface area contributed by atoms with Gasteiger partial charge in [0.15, 0.2) is 6.10 Å². The molecule has 1 rings (SSSR count). The minimum absolute atomic E-state index is 0.352. The van der Waals surface area contributed by atoms with E-state index < -0.39 is 6.10 Å². The van der Waals surface area contributed by atoms with Crippen molar-refractivity contribution < 1.29 is 14.3 Å². The summed E-state index contributed by atoms with van der Waals surface area (Å²) in [7, 11) is 1.37. The van der Waals surface area contributed by atoms with Gasteiger partial charge in [-0.05, 0) is 12.0 Å². The molecule has 0 fully saturated rings. The molecule has 1 unspecified atom stereocenters. The molecule has 0 saturated carbocycles. The van der Waals surface area contributed by atoms with E-state index in [0.29, 0.717) is 6.61 Å². The highest BCUT2D eigenvalue weighted by molar-refractivity contribution is 5.76. The maximum absolute atomic E-state index is 11.5. The van der Waals surface area contributed by atoms with Gasteiger partial charge in [-0.2, -0.15) is 0 Å². The summed E-state index contributed by atoms with van der Waals surface area (Å²) >= 11 is 0. The first-order valence-corrected chi connectivity index (χ1v) is 5.04. The van der Waals surface area contributed by atoms with Gasteiger partial charge < -0.3 is 9.47 Å². The molecular formula is C12H16O3. The molecule has 1 atom stereocenters. The van der Waals surface area contributed by atoms with Crippen LogP contribution in [0.1, 0.15) is 25.0 Å². The molecule has 1 aromatic rings. The number of esters is 1. The third kappa shape index (κ3) is 3.36. The zero-order chi connectivity index (χ0) is 11.1. The summed E-state index contributed by atoms with van der Waals surface area (Å²) in [5, 5.41) is 0. The van der Waals surface area contributed by atoms with Crippen LogP contribution in [0.4, 0.5) is 0 Å². The van der Waals surface area contributed by atoms with E-state index in [1.165, 1.54) is 7.11 Å². The second-order valence-electron chi connectivity index (χ2n) is 3.18. The molecule has 1 aromatic carbocycles. The minimum atomic E-state index is -0.601. The first kappa shape index (κ1) is 11.7. The monoisotopic (exact) mass is 208 g/mol. The van der Waals surface area contributed by atoms with Crippen molar-refractivity contribution in [2.24, 2.45) is 0 Å². The van der Waals surface area contributed by atoms with E-state index in [1.807, 2.05) is 37.3 Å². The van der Waals surface area contributed by atoms with E-state index in [0.717, 1.165) is 12.0 Å². The predicted molar refractivity (Wildman–Crippen MR) is 57.4 cm³/mol. The van der Waals surface area contributed by atoms with E-state index in [2.05, 4.69) is 0 Å². The Kier molecular flexibility index (Phi) is 4.84. The van der Waals surface area contributed by atoms with Crippen LogP contribution in [-0.4, -0.2) is 19.7 Å². The number of carbonyl (C=O) groups is 1. The zero-order valence-corrected chi connectivity index (χ0v) is 9.10. The third-order valence-electron chi connectivity index (χ3n) is 2.01. The standard InChI is InChI=1S/C12H16O3/c1-3-9-15-11(12(13)14-2)10-7-5-4-6-8-10/h4-8,11H,3,9H2,1-2H3. The lowest BCUT2D eigenvalue weighted by atomic mass is 10.1. The average molecular weight is 208 g/mol. The van der Waals surface area contributed by atoms with E-state index in [9.17, 15) is 4.79 Å². The minimum Gasteiger partial charge on any atom is -0.467 e. The van der Waals surface area contributed by atoms with Crippen molar-refractivity contribution in [2.45, 2.75) is 19.4 Å². The Labute approximate surface area is 90.0 Å². The lowest BCUT2D eigenvalue weighted by Gasteiger charge is -2.15. The third-order valence-corrected chi connectivity index (χ3v) is 2.01. The highest BCUT2D eigenvalue weighted by Crippen LogP contribution is 2.18. The molecule has 0 aliphatic heterocycles. The number of hydrogen-bond donors (Lipinski definition) is 0. The van der Waals surface area contributed by atoms with Crippen LogP contribution < -0.4 is 0 Å². The summed E-state index contributed by atoms with van der Waals surface area (Å²) in [6, 6.07) is 9.37. The van der Waals surface area contributed by atoms with Gasteiger partial charge in [-0.3, -0.25) is 0 Å². The molecule has 3 nitrogen and oxygen atoms in total. The largest absolute Gasteiger partial charge is 0.467 e. The van der Waals surface area contributed by atoms with Gasteiger partial charge in [0.1, 0.15) is 0 Å². The van der Waals surface area contributed by atoms with Gasteiger partial charge in [-0.15, -0.1) is 0 Å². The van der Waals surface area contributed by atoms with E-state index in [-0.39, 0.29) is 5.97 Å². The number of ether oxygens (including phenoxy) is 2. The molecule has 0 aliphatic rings. The molecule has 0 bridgehead atoms. The van der Waals surface area contributed by atoms with Gasteiger partial charge >= 0.3 is 5.97 Å². The van der Waals surface area contributed by atoms with Crippen molar-refractivity contribution in [1.29, 1.82) is 0 Å². The molecule has 0 spiro atoms. The summed E-state index contributed by atoms with van der Waals surface area (Å²) in [6.45, 7) is 2.55. The fraction of sp³-hybridized carbons (Fsp3) is 0.417. The lowest BCUT2D eigenvalue weighted by molar-refractivity contribution is -0.154. The summed E-state index contributed by atoms with van der Waals surface area (Å²) in [5.41, 5.74) is 0.831. The molecule has 82 valence electrons. The number of rotatable bonds is 5. The Bertz CT molecular complexity index is 295. The van der Waals surface area contributed by atoms with Crippen molar-refractivity contribution in [2.75, 3.05) is 13.7 Å². The molecule has 0 amide bonds. The molecule has 0 radical (unpaired) electrons. The summed E-state index contributed by atoms with van der Waals surface area (Å²) in [6.07, 6.45) is 0.275. The predicted octanol–water partition coefficient (Wildman–Crippen LogP) is 2.33. The van der Waals surface area contributed by atoms with Crippen molar-refractivity contribution in [1.82, 2.24) is 0 Å². The Morgan fingerprint density at radius 1 is 1.33 bits per heavy atom.